The van der Waals surface area contributed by atoms with Crippen molar-refractivity contribution in [3.63, 3.8) is 0 Å². The van der Waals surface area contributed by atoms with Crippen molar-refractivity contribution in [3.05, 3.63) is 60.2 Å². The van der Waals surface area contributed by atoms with Crippen molar-refractivity contribution in [3.8, 4) is 0 Å². The fourth-order valence-electron chi connectivity index (χ4n) is 4.20. The molecule has 0 N–H and O–H groups in total. The molecule has 2 atom stereocenters. The van der Waals surface area contributed by atoms with Crippen molar-refractivity contribution in [2.24, 2.45) is 11.8 Å². The van der Waals surface area contributed by atoms with Crippen LogP contribution in [0.1, 0.15) is 53.0 Å². The maximum Gasteiger partial charge on any atom is -0.00471 e. The molecule has 0 saturated carbocycles. The van der Waals surface area contributed by atoms with Crippen molar-refractivity contribution in [2.75, 3.05) is 0 Å². The Labute approximate surface area is 146 Å². The molecule has 0 bridgehead atoms. The minimum Gasteiger partial charge on any atom is -0.0651 e. The summed E-state index contributed by atoms with van der Waals surface area (Å²) in [7, 11) is 0. The molecule has 0 spiro atoms. The Balaban J connectivity index is 2.15. The summed E-state index contributed by atoms with van der Waals surface area (Å²) in [6.07, 6.45) is 2.46. The molecule has 3 aromatic rings. The fraction of sp³-hybridized carbons (Fsp3) is 0.417. The van der Waals surface area contributed by atoms with Gasteiger partial charge in [-0.3, -0.25) is 0 Å². The molecule has 126 valence electrons. The van der Waals surface area contributed by atoms with Crippen LogP contribution in [0, 0.1) is 11.8 Å². The Bertz CT molecular complexity index is 843. The molecule has 0 heteroatoms. The first-order chi connectivity index (χ1) is 11.4. The van der Waals surface area contributed by atoms with Crippen LogP contribution < -0.4 is 0 Å². The molecule has 0 aromatic heterocycles. The van der Waals surface area contributed by atoms with E-state index in [0.717, 1.165) is 0 Å². The zero-order valence-electron chi connectivity index (χ0n) is 15.8. The second-order valence-electron chi connectivity index (χ2n) is 8.09. The van der Waals surface area contributed by atoms with E-state index < -0.39 is 0 Å². The van der Waals surface area contributed by atoms with Crippen LogP contribution >= 0.6 is 0 Å². The molecule has 0 nitrogen and oxygen atoms in total. The van der Waals surface area contributed by atoms with Crippen LogP contribution in [0.3, 0.4) is 0 Å². The second kappa shape index (κ2) is 6.59. The van der Waals surface area contributed by atoms with Gasteiger partial charge in [-0.2, -0.15) is 0 Å². The third-order valence-corrected chi connectivity index (χ3v) is 5.90. The lowest BCUT2D eigenvalue weighted by molar-refractivity contribution is 0.253. The lowest BCUT2D eigenvalue weighted by Gasteiger charge is -2.38. The van der Waals surface area contributed by atoms with Gasteiger partial charge >= 0.3 is 0 Å². The molecule has 0 amide bonds. The summed E-state index contributed by atoms with van der Waals surface area (Å²) in [5.74, 6) is 1.38. The normalized spacial score (nSPS) is 15.8. The Hall–Kier alpha value is -1.82. The maximum absolute atomic E-state index is 2.46. The summed E-state index contributed by atoms with van der Waals surface area (Å²) in [5.41, 5.74) is 1.73. The quantitative estimate of drug-likeness (QED) is 0.432. The van der Waals surface area contributed by atoms with Gasteiger partial charge < -0.3 is 0 Å². The number of hydrogen-bond acceptors (Lipinski definition) is 0. The third kappa shape index (κ3) is 3.07. The Morgan fingerprint density at radius 3 is 1.96 bits per heavy atom. The van der Waals surface area contributed by atoms with Gasteiger partial charge in [0.25, 0.3) is 0 Å². The van der Waals surface area contributed by atoms with Crippen LogP contribution in [0.2, 0.25) is 0 Å². The predicted molar refractivity (Wildman–Crippen MR) is 108 cm³/mol. The van der Waals surface area contributed by atoms with Gasteiger partial charge in [0.2, 0.25) is 0 Å². The van der Waals surface area contributed by atoms with Crippen molar-refractivity contribution in [1.29, 1.82) is 0 Å². The Morgan fingerprint density at radius 2 is 1.38 bits per heavy atom. The van der Waals surface area contributed by atoms with Crippen LogP contribution in [0.5, 0.6) is 0 Å². The van der Waals surface area contributed by atoms with Crippen LogP contribution in [-0.2, 0) is 5.41 Å². The fourth-order valence-corrected chi connectivity index (χ4v) is 4.20. The molecule has 0 aliphatic heterocycles. The van der Waals surface area contributed by atoms with E-state index in [9.17, 15) is 0 Å². The molecule has 0 heterocycles. The first-order valence-corrected chi connectivity index (χ1v) is 9.37. The van der Waals surface area contributed by atoms with Crippen LogP contribution in [0.4, 0.5) is 0 Å². The van der Waals surface area contributed by atoms with Crippen LogP contribution in [0.25, 0.3) is 21.5 Å². The lowest BCUT2D eigenvalue weighted by Crippen LogP contribution is -2.31. The van der Waals surface area contributed by atoms with E-state index in [0.29, 0.717) is 11.8 Å². The number of hydrogen-bond donors (Lipinski definition) is 0. The zero-order chi connectivity index (χ0) is 17.3. The maximum atomic E-state index is 2.46. The summed E-state index contributed by atoms with van der Waals surface area (Å²) >= 11 is 0. The molecule has 3 rings (SSSR count). The van der Waals surface area contributed by atoms with Crippen LogP contribution in [0.15, 0.2) is 54.6 Å². The standard InChI is InChI=1S/C24H30/c1-6-18(4)24(5,16-17(2)3)23-12-11-21-13-19-9-7-8-10-20(19)14-22(21)15-23/h7-15,17-18H,6,16H2,1-5H3. The Morgan fingerprint density at radius 1 is 0.792 bits per heavy atom. The topological polar surface area (TPSA) is 0 Å². The average Bonchev–Trinajstić information content (AvgIpc) is 2.57. The Kier molecular flexibility index (Phi) is 4.67. The zero-order valence-corrected chi connectivity index (χ0v) is 15.8. The molecule has 0 saturated heterocycles. The molecule has 0 aliphatic rings. The van der Waals surface area contributed by atoms with Gasteiger partial charge in [-0.1, -0.05) is 83.5 Å². The van der Waals surface area contributed by atoms with E-state index in [1.165, 1.54) is 39.9 Å². The van der Waals surface area contributed by atoms with Crippen molar-refractivity contribution in [1.82, 2.24) is 0 Å². The molecular weight excluding hydrogens is 288 g/mol. The van der Waals surface area contributed by atoms with E-state index in [1.807, 2.05) is 0 Å². The summed E-state index contributed by atoms with van der Waals surface area (Å²) in [6, 6.07) is 20.4. The van der Waals surface area contributed by atoms with Crippen LogP contribution in [-0.4, -0.2) is 0 Å². The van der Waals surface area contributed by atoms with E-state index in [-0.39, 0.29) is 5.41 Å². The SMILES string of the molecule is CCC(C)C(C)(CC(C)C)c1ccc2cc3ccccc3cc2c1. The number of rotatable bonds is 5. The number of fused-ring (bicyclic) bond motifs is 2. The predicted octanol–water partition coefficient (Wildman–Crippen LogP) is 7.34. The van der Waals surface area contributed by atoms with E-state index in [4.69, 9.17) is 0 Å². The van der Waals surface area contributed by atoms with Gasteiger partial charge in [0.1, 0.15) is 0 Å². The highest BCUT2D eigenvalue weighted by Gasteiger charge is 2.32. The van der Waals surface area contributed by atoms with E-state index >= 15 is 0 Å². The largest absolute Gasteiger partial charge is 0.0651 e. The first-order valence-electron chi connectivity index (χ1n) is 9.37. The van der Waals surface area contributed by atoms with Gasteiger partial charge in [-0.25, -0.2) is 0 Å². The van der Waals surface area contributed by atoms with E-state index in [1.54, 1.807) is 0 Å². The van der Waals surface area contributed by atoms with Gasteiger partial charge in [0, 0.05) is 0 Å². The minimum absolute atomic E-state index is 0.239. The summed E-state index contributed by atoms with van der Waals surface area (Å²) in [4.78, 5) is 0. The van der Waals surface area contributed by atoms with Gasteiger partial charge in [-0.05, 0) is 62.9 Å². The third-order valence-electron chi connectivity index (χ3n) is 5.90. The monoisotopic (exact) mass is 318 g/mol. The van der Waals surface area contributed by atoms with Gasteiger partial charge in [-0.15, -0.1) is 0 Å². The summed E-state index contributed by atoms with van der Waals surface area (Å²) in [5, 5.41) is 5.36. The van der Waals surface area contributed by atoms with Gasteiger partial charge in [0.05, 0.1) is 0 Å². The molecular formula is C24H30. The minimum atomic E-state index is 0.239. The van der Waals surface area contributed by atoms with Crippen molar-refractivity contribution in [2.45, 2.75) is 52.9 Å². The molecule has 24 heavy (non-hydrogen) atoms. The second-order valence-corrected chi connectivity index (χ2v) is 8.09. The molecule has 0 fully saturated rings. The molecule has 0 radical (unpaired) electrons. The van der Waals surface area contributed by atoms with Crippen molar-refractivity contribution >= 4 is 21.5 Å². The lowest BCUT2D eigenvalue weighted by atomic mass is 9.67. The summed E-state index contributed by atoms with van der Waals surface area (Å²) in [6.45, 7) is 11.9. The highest BCUT2D eigenvalue weighted by molar-refractivity contribution is 5.98. The van der Waals surface area contributed by atoms with Crippen molar-refractivity contribution < 1.29 is 0 Å². The molecule has 2 unspecified atom stereocenters. The first kappa shape index (κ1) is 17.0. The highest BCUT2D eigenvalue weighted by atomic mass is 14.4. The molecule has 3 aromatic carbocycles. The highest BCUT2D eigenvalue weighted by Crippen LogP contribution is 2.41. The summed E-state index contributed by atoms with van der Waals surface area (Å²) < 4.78 is 0. The molecule has 0 aliphatic carbocycles. The number of benzene rings is 3. The van der Waals surface area contributed by atoms with E-state index in [2.05, 4.69) is 89.2 Å². The van der Waals surface area contributed by atoms with Gasteiger partial charge in [0.15, 0.2) is 0 Å². The average molecular weight is 319 g/mol. The smallest absolute Gasteiger partial charge is 0.00471 e.